The van der Waals surface area contributed by atoms with Crippen LogP contribution in [0.5, 0.6) is 0 Å². The molecule has 4 saturated carbocycles. The van der Waals surface area contributed by atoms with Crippen LogP contribution in [0.15, 0.2) is 0 Å². The predicted molar refractivity (Wildman–Crippen MR) is 138 cm³/mol. The SMILES string of the molecule is CC(CCC(=O)OCCN1CCOCC1)C1CCC2[C@@H]3C(=O)C[C@@H]4CC(=O)CC[C@]4(C)C3CC(=O)[C@]12C. The van der Waals surface area contributed by atoms with Gasteiger partial charge in [-0.3, -0.25) is 24.1 Å². The Kier molecular flexibility index (Phi) is 7.67. The average molecular weight is 516 g/mol. The van der Waals surface area contributed by atoms with Crippen molar-refractivity contribution in [3.63, 3.8) is 0 Å². The Morgan fingerprint density at radius 2 is 1.84 bits per heavy atom. The smallest absolute Gasteiger partial charge is 0.305 e. The second-order valence-electron chi connectivity index (χ2n) is 13.1. The summed E-state index contributed by atoms with van der Waals surface area (Å²) in [5.74, 6) is 1.34. The third-order valence-electron chi connectivity index (χ3n) is 11.5. The second-order valence-corrected chi connectivity index (χ2v) is 13.1. The fourth-order valence-electron chi connectivity index (χ4n) is 9.12. The number of nitrogens with zero attached hydrogens (tertiary/aromatic N) is 1. The predicted octanol–water partition coefficient (Wildman–Crippen LogP) is 3.86. The maximum atomic E-state index is 13.9. The summed E-state index contributed by atoms with van der Waals surface area (Å²) in [6, 6.07) is 0. The zero-order valence-corrected chi connectivity index (χ0v) is 23.0. The first-order valence-electron chi connectivity index (χ1n) is 14.7. The van der Waals surface area contributed by atoms with E-state index in [4.69, 9.17) is 9.47 Å². The van der Waals surface area contributed by atoms with Crippen molar-refractivity contribution in [2.45, 2.75) is 78.6 Å². The fraction of sp³-hybridized carbons (Fsp3) is 0.867. The molecule has 0 aromatic heterocycles. The summed E-state index contributed by atoms with van der Waals surface area (Å²) in [6.07, 6.45) is 5.80. The van der Waals surface area contributed by atoms with Crippen LogP contribution in [0.2, 0.25) is 0 Å². The molecule has 206 valence electrons. The fourth-order valence-corrected chi connectivity index (χ4v) is 9.12. The lowest BCUT2D eigenvalue weighted by Crippen LogP contribution is -2.60. The van der Waals surface area contributed by atoms with Crippen molar-refractivity contribution < 1.29 is 28.7 Å². The van der Waals surface area contributed by atoms with E-state index in [1.165, 1.54) is 0 Å². The monoisotopic (exact) mass is 515 g/mol. The molecule has 4 aliphatic carbocycles. The maximum absolute atomic E-state index is 13.9. The number of carbonyl (C=O) groups is 4. The summed E-state index contributed by atoms with van der Waals surface area (Å²) in [5.41, 5.74) is -0.581. The molecule has 1 saturated heterocycles. The van der Waals surface area contributed by atoms with Crippen molar-refractivity contribution in [1.82, 2.24) is 4.90 Å². The Bertz CT molecular complexity index is 927. The highest BCUT2D eigenvalue weighted by Gasteiger charge is 2.66. The zero-order chi connectivity index (χ0) is 26.4. The largest absolute Gasteiger partial charge is 0.464 e. The molecule has 0 amide bonds. The standard InChI is InChI=1S/C30H45NO6/c1-19(4-7-27(35)37-15-12-31-10-13-36-14-11-31)22-5-6-23-28-24(18-26(34)30(22,23)3)29(2)9-8-21(32)16-20(29)17-25(28)33/h19-20,22-24,28H,4-18H2,1-3H3/t19?,20-,22?,23?,24?,28-,29-,30+/m0/s1. The summed E-state index contributed by atoms with van der Waals surface area (Å²) in [6.45, 7) is 10.9. The molecule has 0 radical (unpaired) electrons. The summed E-state index contributed by atoms with van der Waals surface area (Å²) < 4.78 is 10.9. The minimum absolute atomic E-state index is 0.0560. The lowest BCUT2D eigenvalue weighted by atomic mass is 9.44. The quantitative estimate of drug-likeness (QED) is 0.476. The van der Waals surface area contributed by atoms with Crippen LogP contribution in [0.4, 0.5) is 0 Å². The highest BCUT2D eigenvalue weighted by molar-refractivity contribution is 5.93. The van der Waals surface area contributed by atoms with Gasteiger partial charge >= 0.3 is 5.97 Å². The molecule has 37 heavy (non-hydrogen) atoms. The molecule has 1 aliphatic heterocycles. The minimum Gasteiger partial charge on any atom is -0.464 e. The van der Waals surface area contributed by atoms with E-state index in [1.807, 2.05) is 0 Å². The third-order valence-corrected chi connectivity index (χ3v) is 11.5. The number of ketones is 3. The Labute approximate surface area is 221 Å². The molecule has 5 aliphatic rings. The van der Waals surface area contributed by atoms with E-state index >= 15 is 0 Å². The number of hydrogen-bond donors (Lipinski definition) is 0. The lowest BCUT2D eigenvalue weighted by molar-refractivity contribution is -0.166. The van der Waals surface area contributed by atoms with Crippen LogP contribution in [0.25, 0.3) is 0 Å². The molecule has 1 heterocycles. The molecule has 0 aromatic carbocycles. The average Bonchev–Trinajstić information content (AvgIpc) is 3.23. The van der Waals surface area contributed by atoms with Crippen molar-refractivity contribution in [3.05, 3.63) is 0 Å². The molecular formula is C30H45NO6. The zero-order valence-electron chi connectivity index (χ0n) is 23.0. The van der Waals surface area contributed by atoms with Crippen LogP contribution in [-0.4, -0.2) is 67.7 Å². The van der Waals surface area contributed by atoms with Crippen molar-refractivity contribution >= 4 is 23.3 Å². The highest BCUT2D eigenvalue weighted by atomic mass is 16.5. The van der Waals surface area contributed by atoms with Crippen molar-refractivity contribution in [2.24, 2.45) is 46.3 Å². The highest BCUT2D eigenvalue weighted by Crippen LogP contribution is 2.66. The van der Waals surface area contributed by atoms with Crippen molar-refractivity contribution in [3.8, 4) is 0 Å². The van der Waals surface area contributed by atoms with E-state index in [2.05, 4.69) is 25.7 Å². The molecule has 7 heteroatoms. The molecule has 5 rings (SSSR count). The second kappa shape index (κ2) is 10.5. The first-order chi connectivity index (χ1) is 17.6. The Morgan fingerprint density at radius 1 is 1.08 bits per heavy atom. The van der Waals surface area contributed by atoms with Gasteiger partial charge in [0, 0.05) is 63.1 Å². The lowest BCUT2D eigenvalue weighted by Gasteiger charge is -2.58. The molecule has 0 N–H and O–H groups in total. The first kappa shape index (κ1) is 27.0. The van der Waals surface area contributed by atoms with Gasteiger partial charge in [0.2, 0.25) is 0 Å². The Hall–Kier alpha value is -1.60. The van der Waals surface area contributed by atoms with Gasteiger partial charge in [0.25, 0.3) is 0 Å². The van der Waals surface area contributed by atoms with Gasteiger partial charge in [0.05, 0.1) is 13.2 Å². The molecule has 0 aromatic rings. The van der Waals surface area contributed by atoms with Gasteiger partial charge in [-0.05, 0) is 60.7 Å². The van der Waals surface area contributed by atoms with Crippen LogP contribution >= 0.6 is 0 Å². The van der Waals surface area contributed by atoms with Crippen molar-refractivity contribution in [1.29, 1.82) is 0 Å². The molecule has 0 bridgehead atoms. The van der Waals surface area contributed by atoms with Gasteiger partial charge in [0.15, 0.2) is 0 Å². The van der Waals surface area contributed by atoms with E-state index in [9.17, 15) is 19.2 Å². The summed E-state index contributed by atoms with van der Waals surface area (Å²) >= 11 is 0. The first-order valence-corrected chi connectivity index (χ1v) is 14.7. The van der Waals surface area contributed by atoms with E-state index in [-0.39, 0.29) is 52.7 Å². The molecular weight excluding hydrogens is 470 g/mol. The van der Waals surface area contributed by atoms with Crippen LogP contribution in [-0.2, 0) is 28.7 Å². The topological polar surface area (TPSA) is 90.0 Å². The summed E-state index contributed by atoms with van der Waals surface area (Å²) in [7, 11) is 0. The molecule has 5 fully saturated rings. The van der Waals surface area contributed by atoms with E-state index in [1.54, 1.807) is 0 Å². The van der Waals surface area contributed by atoms with Gasteiger partial charge < -0.3 is 9.47 Å². The summed E-state index contributed by atoms with van der Waals surface area (Å²) in [4.78, 5) is 54.3. The number of Topliss-reactive ketones (excluding diaryl/α,β-unsaturated/α-hetero) is 3. The summed E-state index contributed by atoms with van der Waals surface area (Å²) in [5, 5.41) is 0. The number of ether oxygens (including phenoxy) is 2. The number of carbonyl (C=O) groups excluding carboxylic acids is 4. The number of rotatable bonds is 7. The molecule has 7 nitrogen and oxygen atoms in total. The molecule has 4 unspecified atom stereocenters. The van der Waals surface area contributed by atoms with Crippen LogP contribution < -0.4 is 0 Å². The maximum Gasteiger partial charge on any atom is 0.305 e. The van der Waals surface area contributed by atoms with Gasteiger partial charge in [-0.2, -0.15) is 0 Å². The third kappa shape index (κ3) is 4.84. The van der Waals surface area contributed by atoms with Crippen LogP contribution in [0.3, 0.4) is 0 Å². The number of hydrogen-bond acceptors (Lipinski definition) is 7. The Balaban J connectivity index is 1.20. The van der Waals surface area contributed by atoms with E-state index in [0.29, 0.717) is 56.7 Å². The molecule has 0 spiro atoms. The minimum atomic E-state index is -0.496. The van der Waals surface area contributed by atoms with Gasteiger partial charge in [0.1, 0.15) is 24.0 Å². The van der Waals surface area contributed by atoms with Crippen molar-refractivity contribution in [2.75, 3.05) is 39.5 Å². The number of esters is 1. The van der Waals surface area contributed by atoms with E-state index in [0.717, 1.165) is 52.1 Å². The van der Waals surface area contributed by atoms with Crippen LogP contribution in [0.1, 0.15) is 78.6 Å². The van der Waals surface area contributed by atoms with Gasteiger partial charge in [-0.15, -0.1) is 0 Å². The normalized spacial score (nSPS) is 41.1. The number of fused-ring (bicyclic) bond motifs is 5. The van der Waals surface area contributed by atoms with E-state index < -0.39 is 5.41 Å². The Morgan fingerprint density at radius 3 is 2.59 bits per heavy atom. The van der Waals surface area contributed by atoms with Gasteiger partial charge in [-0.1, -0.05) is 20.8 Å². The van der Waals surface area contributed by atoms with Crippen LogP contribution in [0, 0.1) is 46.3 Å². The number of morpholine rings is 1. The van der Waals surface area contributed by atoms with Gasteiger partial charge in [-0.25, -0.2) is 0 Å². The molecule has 8 atom stereocenters.